The number of ether oxygens (including phenoxy) is 1. The molecule has 0 radical (unpaired) electrons. The summed E-state index contributed by atoms with van der Waals surface area (Å²) in [5, 5.41) is 0. The van der Waals surface area contributed by atoms with Crippen molar-refractivity contribution in [2.75, 3.05) is 31.0 Å². The monoisotopic (exact) mass is 285 g/mol. The van der Waals surface area contributed by atoms with Gasteiger partial charge in [-0.05, 0) is 24.1 Å². The van der Waals surface area contributed by atoms with Gasteiger partial charge in [-0.1, -0.05) is 12.1 Å². The van der Waals surface area contributed by atoms with Gasteiger partial charge in [0.1, 0.15) is 0 Å². The van der Waals surface area contributed by atoms with Crippen molar-refractivity contribution in [2.45, 2.75) is 13.5 Å². The first-order chi connectivity index (χ1) is 9.03. The zero-order valence-electron chi connectivity index (χ0n) is 10.9. The van der Waals surface area contributed by atoms with E-state index in [0.717, 1.165) is 11.1 Å². The number of rotatable bonds is 4. The summed E-state index contributed by atoms with van der Waals surface area (Å²) in [7, 11) is -3.52. The Labute approximate surface area is 113 Å². The molecule has 2 rings (SSSR count). The Morgan fingerprint density at radius 3 is 2.68 bits per heavy atom. The van der Waals surface area contributed by atoms with Crippen LogP contribution in [-0.4, -0.2) is 39.0 Å². The molecule has 0 unspecified atom stereocenters. The molecule has 0 aromatic heterocycles. The second-order valence-corrected chi connectivity index (χ2v) is 6.14. The quantitative estimate of drug-likeness (QED) is 0.841. The van der Waals surface area contributed by atoms with Crippen molar-refractivity contribution in [3.63, 3.8) is 0 Å². The number of aryl methyl sites for hydroxylation is 1. The third kappa shape index (κ3) is 3.44. The summed E-state index contributed by atoms with van der Waals surface area (Å²) in [5.74, 6) is 0. The molecule has 1 aliphatic rings. The van der Waals surface area contributed by atoms with Crippen LogP contribution in [0.25, 0.3) is 0 Å². The standard InChI is InChI=1S/C12H19N3O3S/c1-10-2-3-11(9-13)8-12(10)14-19(16,17)15-4-6-18-7-5-15/h2-3,8,14H,4-7,9,13H2,1H3. The predicted octanol–water partition coefficient (Wildman–Crippen LogP) is 0.443. The van der Waals surface area contributed by atoms with Gasteiger partial charge in [0.15, 0.2) is 0 Å². The molecule has 0 spiro atoms. The second-order valence-electron chi connectivity index (χ2n) is 4.47. The number of nitrogens with two attached hydrogens (primary N) is 1. The van der Waals surface area contributed by atoms with E-state index in [2.05, 4.69) is 4.72 Å². The fraction of sp³-hybridized carbons (Fsp3) is 0.500. The van der Waals surface area contributed by atoms with E-state index in [1.165, 1.54) is 4.31 Å². The van der Waals surface area contributed by atoms with E-state index in [-0.39, 0.29) is 0 Å². The van der Waals surface area contributed by atoms with Crippen LogP contribution in [0.4, 0.5) is 5.69 Å². The van der Waals surface area contributed by atoms with Crippen molar-refractivity contribution in [1.82, 2.24) is 4.31 Å². The molecular formula is C12H19N3O3S. The van der Waals surface area contributed by atoms with Crippen molar-refractivity contribution in [1.29, 1.82) is 0 Å². The van der Waals surface area contributed by atoms with Gasteiger partial charge in [-0.25, -0.2) is 0 Å². The van der Waals surface area contributed by atoms with E-state index in [4.69, 9.17) is 10.5 Å². The number of hydrogen-bond donors (Lipinski definition) is 2. The minimum Gasteiger partial charge on any atom is -0.379 e. The van der Waals surface area contributed by atoms with Crippen molar-refractivity contribution in [2.24, 2.45) is 5.73 Å². The third-order valence-corrected chi connectivity index (χ3v) is 4.61. The number of anilines is 1. The van der Waals surface area contributed by atoms with Crippen LogP contribution >= 0.6 is 0 Å². The first-order valence-corrected chi connectivity index (χ1v) is 7.62. The fourth-order valence-corrected chi connectivity index (χ4v) is 3.15. The number of benzene rings is 1. The summed E-state index contributed by atoms with van der Waals surface area (Å²) in [6.07, 6.45) is 0. The number of morpholine rings is 1. The van der Waals surface area contributed by atoms with Gasteiger partial charge in [-0.2, -0.15) is 12.7 Å². The van der Waals surface area contributed by atoms with Gasteiger partial charge in [0, 0.05) is 19.6 Å². The topological polar surface area (TPSA) is 84.7 Å². The molecular weight excluding hydrogens is 266 g/mol. The molecule has 3 N–H and O–H groups in total. The van der Waals surface area contributed by atoms with Gasteiger partial charge in [0.2, 0.25) is 0 Å². The van der Waals surface area contributed by atoms with Crippen LogP contribution in [0.3, 0.4) is 0 Å². The first kappa shape index (κ1) is 14.3. The lowest BCUT2D eigenvalue weighted by molar-refractivity contribution is 0.0733. The van der Waals surface area contributed by atoms with E-state index in [9.17, 15) is 8.42 Å². The minimum atomic E-state index is -3.52. The zero-order valence-corrected chi connectivity index (χ0v) is 11.7. The molecule has 7 heteroatoms. The summed E-state index contributed by atoms with van der Waals surface area (Å²) in [6.45, 7) is 3.87. The zero-order chi connectivity index (χ0) is 13.9. The Bertz CT molecular complexity index is 539. The molecule has 106 valence electrons. The molecule has 0 bridgehead atoms. The highest BCUT2D eigenvalue weighted by Gasteiger charge is 2.24. The SMILES string of the molecule is Cc1ccc(CN)cc1NS(=O)(=O)N1CCOCC1. The molecule has 0 aliphatic carbocycles. The second kappa shape index (κ2) is 5.87. The van der Waals surface area contributed by atoms with E-state index >= 15 is 0 Å². The van der Waals surface area contributed by atoms with Gasteiger partial charge >= 0.3 is 10.2 Å². The highest BCUT2D eigenvalue weighted by atomic mass is 32.2. The van der Waals surface area contributed by atoms with Gasteiger partial charge in [0.05, 0.1) is 18.9 Å². The maximum Gasteiger partial charge on any atom is 0.301 e. The van der Waals surface area contributed by atoms with E-state index in [1.54, 1.807) is 6.07 Å². The Hall–Kier alpha value is -1.15. The summed E-state index contributed by atoms with van der Waals surface area (Å²) in [4.78, 5) is 0. The maximum absolute atomic E-state index is 12.2. The molecule has 1 aromatic rings. The summed E-state index contributed by atoms with van der Waals surface area (Å²) >= 11 is 0. The van der Waals surface area contributed by atoms with Gasteiger partial charge in [-0.3, -0.25) is 4.72 Å². The normalized spacial score (nSPS) is 17.4. The number of nitrogens with zero attached hydrogens (tertiary/aromatic N) is 1. The van der Waals surface area contributed by atoms with E-state index in [1.807, 2.05) is 19.1 Å². The van der Waals surface area contributed by atoms with Crippen molar-refractivity contribution in [3.05, 3.63) is 29.3 Å². The number of hydrogen-bond acceptors (Lipinski definition) is 4. The lowest BCUT2D eigenvalue weighted by Crippen LogP contribution is -2.43. The average Bonchev–Trinajstić information content (AvgIpc) is 2.42. The Morgan fingerprint density at radius 1 is 1.37 bits per heavy atom. The predicted molar refractivity (Wildman–Crippen MR) is 74.0 cm³/mol. The highest BCUT2D eigenvalue weighted by molar-refractivity contribution is 7.90. The van der Waals surface area contributed by atoms with Gasteiger partial charge < -0.3 is 10.5 Å². The molecule has 0 atom stereocenters. The molecule has 0 saturated carbocycles. The Kier molecular flexibility index (Phi) is 4.41. The van der Waals surface area contributed by atoms with Gasteiger partial charge in [0.25, 0.3) is 0 Å². The van der Waals surface area contributed by atoms with Crippen LogP contribution in [0.1, 0.15) is 11.1 Å². The van der Waals surface area contributed by atoms with Crippen LogP contribution in [0.15, 0.2) is 18.2 Å². The highest BCUT2D eigenvalue weighted by Crippen LogP contribution is 2.19. The lowest BCUT2D eigenvalue weighted by Gasteiger charge is -2.26. The number of nitrogens with one attached hydrogen (secondary N) is 1. The first-order valence-electron chi connectivity index (χ1n) is 6.18. The van der Waals surface area contributed by atoms with Crippen LogP contribution < -0.4 is 10.5 Å². The molecule has 1 fully saturated rings. The van der Waals surface area contributed by atoms with E-state index < -0.39 is 10.2 Å². The van der Waals surface area contributed by atoms with E-state index in [0.29, 0.717) is 38.5 Å². The third-order valence-electron chi connectivity index (χ3n) is 3.09. The lowest BCUT2D eigenvalue weighted by atomic mass is 10.1. The fourth-order valence-electron chi connectivity index (χ4n) is 1.90. The molecule has 6 nitrogen and oxygen atoms in total. The van der Waals surface area contributed by atoms with Crippen LogP contribution in [0.5, 0.6) is 0 Å². The molecule has 19 heavy (non-hydrogen) atoms. The largest absolute Gasteiger partial charge is 0.379 e. The van der Waals surface area contributed by atoms with Crippen molar-refractivity contribution < 1.29 is 13.2 Å². The van der Waals surface area contributed by atoms with Crippen LogP contribution in [0.2, 0.25) is 0 Å². The van der Waals surface area contributed by atoms with Crippen molar-refractivity contribution in [3.8, 4) is 0 Å². The molecule has 1 saturated heterocycles. The molecule has 0 amide bonds. The van der Waals surface area contributed by atoms with Crippen LogP contribution in [0, 0.1) is 6.92 Å². The molecule has 1 aliphatic heterocycles. The Morgan fingerprint density at radius 2 is 2.05 bits per heavy atom. The minimum absolute atomic E-state index is 0.380. The maximum atomic E-state index is 12.2. The summed E-state index contributed by atoms with van der Waals surface area (Å²) in [5.41, 5.74) is 7.91. The smallest absolute Gasteiger partial charge is 0.301 e. The average molecular weight is 285 g/mol. The summed E-state index contributed by atoms with van der Waals surface area (Å²) in [6, 6.07) is 5.52. The van der Waals surface area contributed by atoms with Crippen LogP contribution in [-0.2, 0) is 21.5 Å². The van der Waals surface area contributed by atoms with Crippen molar-refractivity contribution >= 4 is 15.9 Å². The van der Waals surface area contributed by atoms with Gasteiger partial charge in [-0.15, -0.1) is 0 Å². The Balaban J connectivity index is 2.19. The summed E-state index contributed by atoms with van der Waals surface area (Å²) < 4.78 is 33.6. The molecule has 1 aromatic carbocycles. The molecule has 1 heterocycles.